The molecule has 176 valence electrons. The summed E-state index contributed by atoms with van der Waals surface area (Å²) in [5.41, 5.74) is 1.37. The minimum atomic E-state index is -0.806. The molecule has 34 heavy (non-hydrogen) atoms. The molecule has 0 aliphatic heterocycles. The Bertz CT molecular complexity index is 1070. The largest absolute Gasteiger partial charge is 0.466 e. The van der Waals surface area contributed by atoms with Gasteiger partial charge in [-0.3, -0.25) is 24.6 Å². The van der Waals surface area contributed by atoms with Gasteiger partial charge >= 0.3 is 5.97 Å². The lowest BCUT2D eigenvalue weighted by molar-refractivity contribution is -0.143. The van der Waals surface area contributed by atoms with Gasteiger partial charge in [0.25, 0.3) is 5.91 Å². The molecule has 0 aliphatic rings. The lowest BCUT2D eigenvalue weighted by atomic mass is 10.1. The zero-order chi connectivity index (χ0) is 24.9. The van der Waals surface area contributed by atoms with Crippen LogP contribution in [0.2, 0.25) is 0 Å². The fourth-order valence-electron chi connectivity index (χ4n) is 2.82. The summed E-state index contributed by atoms with van der Waals surface area (Å²) < 4.78 is 4.80. The minimum absolute atomic E-state index is 0.0747. The Morgan fingerprint density at radius 1 is 0.971 bits per heavy atom. The van der Waals surface area contributed by atoms with Gasteiger partial charge in [-0.05, 0) is 43.3 Å². The molecule has 0 saturated carbocycles. The molecular formula is C25H26N4O5. The van der Waals surface area contributed by atoms with Crippen LogP contribution in [-0.2, 0) is 19.1 Å². The first-order valence-electron chi connectivity index (χ1n) is 10.6. The summed E-state index contributed by atoms with van der Waals surface area (Å²) in [7, 11) is 0. The number of hydrogen-bond donors (Lipinski definition) is 4. The highest BCUT2D eigenvalue weighted by atomic mass is 16.5. The van der Waals surface area contributed by atoms with Crippen molar-refractivity contribution in [3.63, 3.8) is 0 Å². The molecule has 0 fully saturated rings. The second kappa shape index (κ2) is 13.2. The van der Waals surface area contributed by atoms with E-state index in [1.165, 1.54) is 0 Å². The van der Waals surface area contributed by atoms with Gasteiger partial charge in [-0.1, -0.05) is 24.1 Å². The number of benzene rings is 2. The van der Waals surface area contributed by atoms with Gasteiger partial charge in [0.2, 0.25) is 11.8 Å². The summed E-state index contributed by atoms with van der Waals surface area (Å²) in [6, 6.07) is 14.1. The highest BCUT2D eigenvalue weighted by molar-refractivity contribution is 6.11. The molecule has 0 unspecified atom stereocenters. The average molecular weight is 463 g/mol. The molecule has 2 rings (SSSR count). The van der Waals surface area contributed by atoms with Gasteiger partial charge in [-0.25, -0.2) is 0 Å². The zero-order valence-corrected chi connectivity index (χ0v) is 18.7. The number of hydrogen-bond acceptors (Lipinski definition) is 6. The van der Waals surface area contributed by atoms with Crippen molar-refractivity contribution < 1.29 is 23.9 Å². The van der Waals surface area contributed by atoms with Crippen LogP contribution in [0.15, 0.2) is 54.6 Å². The van der Waals surface area contributed by atoms with Crippen LogP contribution in [0.25, 0.3) is 0 Å². The molecule has 0 heterocycles. The lowest BCUT2D eigenvalue weighted by Crippen LogP contribution is -2.36. The van der Waals surface area contributed by atoms with E-state index in [9.17, 15) is 19.2 Å². The number of ether oxygens (including phenoxy) is 1. The fourth-order valence-corrected chi connectivity index (χ4v) is 2.82. The lowest BCUT2D eigenvalue weighted by Gasteiger charge is -2.12. The Balaban J connectivity index is 1.79. The van der Waals surface area contributed by atoms with E-state index < -0.39 is 29.7 Å². The molecule has 0 radical (unpaired) electrons. The third-order valence-electron chi connectivity index (χ3n) is 4.52. The number of terminal acetylenes is 1. The van der Waals surface area contributed by atoms with E-state index in [2.05, 4.69) is 21.9 Å². The van der Waals surface area contributed by atoms with E-state index in [0.29, 0.717) is 16.8 Å². The van der Waals surface area contributed by atoms with Crippen molar-refractivity contribution in [2.75, 3.05) is 11.9 Å². The molecule has 0 saturated heterocycles. The Kier molecular flexibility index (Phi) is 10.0. The first kappa shape index (κ1) is 25.8. The second-order valence-corrected chi connectivity index (χ2v) is 7.12. The molecule has 2 aromatic carbocycles. The van der Waals surface area contributed by atoms with Gasteiger partial charge in [0.05, 0.1) is 13.0 Å². The Morgan fingerprint density at radius 2 is 1.62 bits per heavy atom. The number of esters is 1. The number of amides is 3. The molecule has 3 amide bonds. The number of carbonyl (C=O) groups is 4. The summed E-state index contributed by atoms with van der Waals surface area (Å²) in [5.74, 6) is 0.478. The van der Waals surface area contributed by atoms with Crippen molar-refractivity contribution >= 4 is 35.2 Å². The zero-order valence-electron chi connectivity index (χ0n) is 18.7. The van der Waals surface area contributed by atoms with E-state index in [1.807, 2.05) is 0 Å². The van der Waals surface area contributed by atoms with Crippen molar-refractivity contribution in [1.82, 2.24) is 10.6 Å². The molecule has 0 spiro atoms. The molecule has 9 heteroatoms. The summed E-state index contributed by atoms with van der Waals surface area (Å²) in [6.45, 7) is 1.89. The van der Waals surface area contributed by atoms with Crippen molar-refractivity contribution in [2.24, 2.45) is 0 Å². The van der Waals surface area contributed by atoms with Gasteiger partial charge in [-0.15, -0.1) is 6.42 Å². The quantitative estimate of drug-likeness (QED) is 0.186. The van der Waals surface area contributed by atoms with Crippen molar-refractivity contribution in [1.29, 1.82) is 5.41 Å². The predicted molar refractivity (Wildman–Crippen MR) is 127 cm³/mol. The number of nitrogens with one attached hydrogen (secondary N) is 4. The van der Waals surface area contributed by atoms with Crippen molar-refractivity contribution in [3.05, 3.63) is 65.7 Å². The van der Waals surface area contributed by atoms with Crippen LogP contribution < -0.4 is 16.0 Å². The minimum Gasteiger partial charge on any atom is -0.466 e. The summed E-state index contributed by atoms with van der Waals surface area (Å²) in [4.78, 5) is 47.8. The molecule has 4 N–H and O–H groups in total. The molecule has 1 atom stereocenters. The van der Waals surface area contributed by atoms with E-state index in [0.717, 1.165) is 0 Å². The molecule has 9 nitrogen and oxygen atoms in total. The smallest absolute Gasteiger partial charge is 0.308 e. The van der Waals surface area contributed by atoms with Crippen LogP contribution in [0, 0.1) is 17.8 Å². The third-order valence-corrected chi connectivity index (χ3v) is 4.52. The van der Waals surface area contributed by atoms with Crippen LogP contribution in [0.3, 0.4) is 0 Å². The molecular weight excluding hydrogens is 436 g/mol. The average Bonchev–Trinajstić information content (AvgIpc) is 2.83. The normalized spacial score (nSPS) is 10.8. The van der Waals surface area contributed by atoms with Gasteiger partial charge in [-0.2, -0.15) is 0 Å². The van der Waals surface area contributed by atoms with E-state index in [1.54, 1.807) is 61.5 Å². The van der Waals surface area contributed by atoms with E-state index >= 15 is 0 Å². The van der Waals surface area contributed by atoms with Gasteiger partial charge in [0, 0.05) is 29.7 Å². The standard InChI is InChI=1S/C25H26N4O5/c1-3-19(16-23(32)34-4-2)27-21(30)14-15-22(31)28-20-12-10-17(11-13-20)24(26)29-25(33)18-8-6-5-7-9-18/h1,5-13,19H,4,14-16H2,2H3,(H,27,30)(H,28,31)(H2,26,29,33)/t19-/m1/s1. The predicted octanol–water partition coefficient (Wildman–Crippen LogP) is 2.23. The van der Waals surface area contributed by atoms with Crippen LogP contribution in [0.5, 0.6) is 0 Å². The van der Waals surface area contributed by atoms with Crippen LogP contribution in [0.1, 0.15) is 42.1 Å². The monoisotopic (exact) mass is 462 g/mol. The highest BCUT2D eigenvalue weighted by Crippen LogP contribution is 2.11. The fraction of sp³-hybridized carbons (Fsp3) is 0.240. The van der Waals surface area contributed by atoms with Gasteiger partial charge < -0.3 is 20.7 Å². The van der Waals surface area contributed by atoms with Crippen LogP contribution >= 0.6 is 0 Å². The molecule has 0 bridgehead atoms. The second-order valence-electron chi connectivity index (χ2n) is 7.12. The van der Waals surface area contributed by atoms with E-state index in [-0.39, 0.29) is 31.7 Å². The Labute approximate surface area is 197 Å². The molecule has 2 aromatic rings. The van der Waals surface area contributed by atoms with Gasteiger partial charge in [0.1, 0.15) is 11.9 Å². The number of amidine groups is 1. The van der Waals surface area contributed by atoms with Gasteiger partial charge in [0.15, 0.2) is 0 Å². The van der Waals surface area contributed by atoms with Crippen LogP contribution in [0.4, 0.5) is 5.69 Å². The first-order chi connectivity index (χ1) is 16.3. The Hall–Kier alpha value is -4.45. The SMILES string of the molecule is C#C[C@H](CC(=O)OCC)NC(=O)CCC(=O)Nc1ccc(C(=N)NC(=O)c2ccccc2)cc1. The van der Waals surface area contributed by atoms with Crippen LogP contribution in [-0.4, -0.2) is 42.2 Å². The van der Waals surface area contributed by atoms with Crippen molar-refractivity contribution in [3.8, 4) is 12.3 Å². The maximum atomic E-state index is 12.2. The number of rotatable bonds is 10. The number of anilines is 1. The maximum absolute atomic E-state index is 12.2. The first-order valence-corrected chi connectivity index (χ1v) is 10.6. The maximum Gasteiger partial charge on any atom is 0.308 e. The molecule has 0 aliphatic carbocycles. The molecule has 0 aromatic heterocycles. The highest BCUT2D eigenvalue weighted by Gasteiger charge is 2.16. The summed E-state index contributed by atoms with van der Waals surface area (Å²) in [5, 5.41) is 15.7. The third kappa shape index (κ3) is 8.59. The Morgan fingerprint density at radius 3 is 2.24 bits per heavy atom. The summed E-state index contributed by atoms with van der Waals surface area (Å²) >= 11 is 0. The van der Waals surface area contributed by atoms with Crippen molar-refractivity contribution in [2.45, 2.75) is 32.2 Å². The summed E-state index contributed by atoms with van der Waals surface area (Å²) in [6.07, 6.45) is 4.98. The number of carbonyl (C=O) groups excluding carboxylic acids is 4. The van der Waals surface area contributed by atoms with E-state index in [4.69, 9.17) is 16.6 Å². The topological polar surface area (TPSA) is 137 Å².